The summed E-state index contributed by atoms with van der Waals surface area (Å²) in [5, 5.41) is 3.25. The Hall–Kier alpha value is -1.62. The number of pyridine rings is 1. The number of rotatable bonds is 1. The Kier molecular flexibility index (Phi) is 1.70. The molecule has 1 saturated heterocycles. The van der Waals surface area contributed by atoms with Crippen LogP contribution >= 0.6 is 0 Å². The highest BCUT2D eigenvalue weighted by Gasteiger charge is 2.22. The lowest BCUT2D eigenvalue weighted by Gasteiger charge is -2.25. The maximum absolute atomic E-state index is 11.7. The van der Waals surface area contributed by atoms with Crippen LogP contribution in [0.1, 0.15) is 18.3 Å². The van der Waals surface area contributed by atoms with Crippen LogP contribution in [0.2, 0.25) is 0 Å². The number of hydrogen-bond donors (Lipinski definition) is 2. The number of fused-ring (bicyclic) bond motifs is 1. The lowest BCUT2D eigenvalue weighted by atomic mass is 10.1. The minimum absolute atomic E-state index is 0.0226. The summed E-state index contributed by atoms with van der Waals surface area (Å²) in [6, 6.07) is 2.15. The topological polar surface area (TPSA) is 62.7 Å². The molecule has 1 aliphatic rings. The molecule has 1 atom stereocenters. The van der Waals surface area contributed by atoms with Crippen molar-refractivity contribution < 1.29 is 0 Å². The Morgan fingerprint density at radius 2 is 2.40 bits per heavy atom. The fourth-order valence-corrected chi connectivity index (χ4v) is 1.80. The molecule has 0 amide bonds. The lowest BCUT2D eigenvalue weighted by Crippen LogP contribution is -2.35. The molecule has 3 rings (SSSR count). The molecule has 2 aromatic rings. The molecule has 3 heterocycles. The molecule has 15 heavy (non-hydrogen) atoms. The van der Waals surface area contributed by atoms with Crippen LogP contribution in [-0.4, -0.2) is 21.1 Å². The molecule has 2 N–H and O–H groups in total. The Morgan fingerprint density at radius 3 is 3.07 bits per heavy atom. The number of nitrogens with one attached hydrogen (secondary N) is 2. The zero-order valence-corrected chi connectivity index (χ0v) is 8.45. The SMILES string of the molecule is Cn1ccc2nc([C@@H]3CCN3)[nH]c2c1=O. The summed E-state index contributed by atoms with van der Waals surface area (Å²) < 4.78 is 1.55. The van der Waals surface area contributed by atoms with Crippen LogP contribution in [0.15, 0.2) is 17.1 Å². The van der Waals surface area contributed by atoms with Crippen LogP contribution in [-0.2, 0) is 7.05 Å². The molecule has 0 aliphatic carbocycles. The number of imidazole rings is 1. The van der Waals surface area contributed by atoms with E-state index in [1.807, 2.05) is 6.07 Å². The molecule has 5 nitrogen and oxygen atoms in total. The van der Waals surface area contributed by atoms with Gasteiger partial charge >= 0.3 is 0 Å². The molecule has 0 spiro atoms. The van der Waals surface area contributed by atoms with Crippen LogP contribution < -0.4 is 10.9 Å². The van der Waals surface area contributed by atoms with Crippen molar-refractivity contribution in [1.29, 1.82) is 0 Å². The molecule has 0 bridgehead atoms. The maximum atomic E-state index is 11.7. The van der Waals surface area contributed by atoms with Gasteiger partial charge in [-0.25, -0.2) is 4.98 Å². The van der Waals surface area contributed by atoms with Gasteiger partial charge in [0.1, 0.15) is 11.3 Å². The van der Waals surface area contributed by atoms with Crippen LogP contribution in [0.25, 0.3) is 11.0 Å². The third kappa shape index (κ3) is 1.20. The summed E-state index contributed by atoms with van der Waals surface area (Å²) in [5.41, 5.74) is 1.33. The van der Waals surface area contributed by atoms with Crippen LogP contribution in [0.5, 0.6) is 0 Å². The first-order valence-corrected chi connectivity index (χ1v) is 5.04. The molecule has 0 saturated carbocycles. The van der Waals surface area contributed by atoms with Gasteiger partial charge in [0.05, 0.1) is 11.6 Å². The standard InChI is InChI=1S/C10H12N4O/c1-14-5-3-6-8(10(14)15)13-9(12-6)7-2-4-11-7/h3,5,7,11H,2,4H2,1H3,(H,12,13)/t7-/m0/s1. The smallest absolute Gasteiger partial charge is 0.276 e. The van der Waals surface area contributed by atoms with E-state index in [9.17, 15) is 4.79 Å². The van der Waals surface area contributed by atoms with Crippen molar-refractivity contribution in [2.75, 3.05) is 6.54 Å². The third-order valence-corrected chi connectivity index (χ3v) is 2.89. The fraction of sp³-hybridized carbons (Fsp3) is 0.400. The Bertz CT molecular complexity index is 564. The van der Waals surface area contributed by atoms with Crippen LogP contribution in [0.3, 0.4) is 0 Å². The third-order valence-electron chi connectivity index (χ3n) is 2.89. The molecule has 5 heteroatoms. The second-order valence-electron chi connectivity index (χ2n) is 3.91. The van der Waals surface area contributed by atoms with E-state index in [0.29, 0.717) is 11.6 Å². The number of aryl methyl sites for hydroxylation is 1. The van der Waals surface area contributed by atoms with E-state index in [4.69, 9.17) is 0 Å². The van der Waals surface area contributed by atoms with Crippen molar-refractivity contribution in [3.8, 4) is 0 Å². The summed E-state index contributed by atoms with van der Waals surface area (Å²) >= 11 is 0. The Labute approximate surface area is 86.1 Å². The van der Waals surface area contributed by atoms with Crippen LogP contribution in [0, 0.1) is 0 Å². The van der Waals surface area contributed by atoms with Crippen molar-refractivity contribution >= 4 is 11.0 Å². The highest BCUT2D eigenvalue weighted by Crippen LogP contribution is 2.21. The summed E-state index contributed by atoms with van der Waals surface area (Å²) in [6.45, 7) is 1.03. The summed E-state index contributed by atoms with van der Waals surface area (Å²) in [4.78, 5) is 19.2. The quantitative estimate of drug-likeness (QED) is 0.702. The monoisotopic (exact) mass is 204 g/mol. The van der Waals surface area contributed by atoms with Gasteiger partial charge in [0, 0.05) is 13.2 Å². The van der Waals surface area contributed by atoms with Gasteiger partial charge < -0.3 is 14.9 Å². The van der Waals surface area contributed by atoms with Gasteiger partial charge in [-0.15, -0.1) is 0 Å². The van der Waals surface area contributed by atoms with E-state index >= 15 is 0 Å². The molecule has 1 aliphatic heterocycles. The minimum atomic E-state index is -0.0226. The molecule has 78 valence electrons. The molecular formula is C10H12N4O. The largest absolute Gasteiger partial charge is 0.336 e. The summed E-state index contributed by atoms with van der Waals surface area (Å²) in [7, 11) is 1.74. The van der Waals surface area contributed by atoms with Crippen molar-refractivity contribution in [3.63, 3.8) is 0 Å². The first-order valence-electron chi connectivity index (χ1n) is 5.04. The first-order chi connectivity index (χ1) is 7.25. The van der Waals surface area contributed by atoms with Crippen molar-refractivity contribution in [2.24, 2.45) is 7.05 Å². The van der Waals surface area contributed by atoms with Crippen LogP contribution in [0.4, 0.5) is 0 Å². The number of nitrogens with zero attached hydrogens (tertiary/aromatic N) is 2. The molecule has 0 radical (unpaired) electrons. The van der Waals surface area contributed by atoms with Gasteiger partial charge in [-0.1, -0.05) is 0 Å². The maximum Gasteiger partial charge on any atom is 0.276 e. The van der Waals surface area contributed by atoms with E-state index in [0.717, 1.165) is 24.3 Å². The zero-order chi connectivity index (χ0) is 10.4. The summed E-state index contributed by atoms with van der Waals surface area (Å²) in [6.07, 6.45) is 2.82. The predicted octanol–water partition coefficient (Wildman–Crippen LogP) is 0.296. The van der Waals surface area contributed by atoms with Gasteiger partial charge in [-0.05, 0) is 19.0 Å². The van der Waals surface area contributed by atoms with Gasteiger partial charge in [-0.2, -0.15) is 0 Å². The molecule has 2 aromatic heterocycles. The number of H-pyrrole nitrogens is 1. The second-order valence-corrected chi connectivity index (χ2v) is 3.91. The van der Waals surface area contributed by atoms with E-state index < -0.39 is 0 Å². The number of aromatic amines is 1. The number of hydrogen-bond acceptors (Lipinski definition) is 3. The van der Waals surface area contributed by atoms with Gasteiger partial charge in [0.2, 0.25) is 0 Å². The highest BCUT2D eigenvalue weighted by molar-refractivity contribution is 5.73. The van der Waals surface area contributed by atoms with Gasteiger partial charge in [0.15, 0.2) is 0 Å². The van der Waals surface area contributed by atoms with E-state index in [-0.39, 0.29) is 5.56 Å². The van der Waals surface area contributed by atoms with E-state index in [2.05, 4.69) is 15.3 Å². The lowest BCUT2D eigenvalue weighted by molar-refractivity contribution is 0.369. The average molecular weight is 204 g/mol. The minimum Gasteiger partial charge on any atom is -0.336 e. The van der Waals surface area contributed by atoms with E-state index in [1.165, 1.54) is 0 Å². The molecule has 1 fully saturated rings. The molecule has 0 unspecified atom stereocenters. The predicted molar refractivity (Wildman–Crippen MR) is 56.7 cm³/mol. The molecule has 0 aromatic carbocycles. The zero-order valence-electron chi connectivity index (χ0n) is 8.45. The van der Waals surface area contributed by atoms with Gasteiger partial charge in [-0.3, -0.25) is 4.79 Å². The normalized spacial score (nSPS) is 20.5. The second kappa shape index (κ2) is 2.93. The van der Waals surface area contributed by atoms with Crippen molar-refractivity contribution in [1.82, 2.24) is 19.9 Å². The summed E-state index contributed by atoms with van der Waals surface area (Å²) in [5.74, 6) is 0.875. The average Bonchev–Trinajstić information content (AvgIpc) is 2.53. The Balaban J connectivity index is 2.21. The highest BCUT2D eigenvalue weighted by atomic mass is 16.1. The Morgan fingerprint density at radius 1 is 1.60 bits per heavy atom. The van der Waals surface area contributed by atoms with Gasteiger partial charge in [0.25, 0.3) is 5.56 Å². The van der Waals surface area contributed by atoms with Crippen molar-refractivity contribution in [3.05, 3.63) is 28.4 Å². The molecular weight excluding hydrogens is 192 g/mol. The fourth-order valence-electron chi connectivity index (χ4n) is 1.80. The van der Waals surface area contributed by atoms with Crippen molar-refractivity contribution in [2.45, 2.75) is 12.5 Å². The van der Waals surface area contributed by atoms with E-state index in [1.54, 1.807) is 17.8 Å². The number of aromatic nitrogens is 3. The first kappa shape index (κ1) is 8.67.